The maximum absolute atomic E-state index is 13.1. The molecule has 4 aliphatic rings. The number of carbonyl (C=O) groups excluding carboxylic acids is 3. The highest BCUT2D eigenvalue weighted by Crippen LogP contribution is 2.66. The molecule has 0 radical (unpaired) electrons. The minimum atomic E-state index is -0.123. The lowest BCUT2D eigenvalue weighted by atomic mass is 9.50. The Morgan fingerprint density at radius 2 is 1.40 bits per heavy atom. The summed E-state index contributed by atoms with van der Waals surface area (Å²) in [5.41, 5.74) is 3.81. The lowest BCUT2D eigenvalue weighted by molar-refractivity contribution is -0.151. The van der Waals surface area contributed by atoms with Gasteiger partial charge < -0.3 is 19.1 Å². The Hall–Kier alpha value is -2.67. The SMILES string of the molecule is CCCCCC/C=C/COC(=O)CCCCCCC(CCCCCCC(=O)OC1CCC2(C)C(=CC=C3C2CCC2(C)C3CCC2C(C)/C=C/C(C)C(C)C)C1)OC(=O)CCCN(C)C. The van der Waals surface area contributed by atoms with E-state index in [-0.39, 0.29) is 35.5 Å². The number of rotatable bonds is 31. The molecule has 9 atom stereocenters. The van der Waals surface area contributed by atoms with Gasteiger partial charge in [0.1, 0.15) is 18.8 Å². The van der Waals surface area contributed by atoms with Gasteiger partial charge >= 0.3 is 17.9 Å². The zero-order chi connectivity index (χ0) is 47.2. The first-order valence-electron chi connectivity index (χ1n) is 27.1. The van der Waals surface area contributed by atoms with Crippen molar-refractivity contribution >= 4 is 17.9 Å². The van der Waals surface area contributed by atoms with Crippen molar-refractivity contribution in [3.63, 3.8) is 0 Å². The van der Waals surface area contributed by atoms with Crippen LogP contribution in [-0.4, -0.2) is 62.3 Å². The number of hydrogen-bond acceptors (Lipinski definition) is 7. The first-order chi connectivity index (χ1) is 31.2. The molecule has 4 rings (SSSR count). The molecule has 0 bridgehead atoms. The summed E-state index contributed by atoms with van der Waals surface area (Å²) in [4.78, 5) is 40.1. The third kappa shape index (κ3) is 17.7. The van der Waals surface area contributed by atoms with Gasteiger partial charge in [0.25, 0.3) is 0 Å². The van der Waals surface area contributed by atoms with Crippen molar-refractivity contribution in [1.82, 2.24) is 4.90 Å². The topological polar surface area (TPSA) is 82.1 Å². The van der Waals surface area contributed by atoms with E-state index in [0.717, 1.165) is 109 Å². The Morgan fingerprint density at radius 3 is 2.09 bits per heavy atom. The lowest BCUT2D eigenvalue weighted by Crippen LogP contribution is -2.46. The molecule has 9 unspecified atom stereocenters. The van der Waals surface area contributed by atoms with Crippen LogP contribution in [0, 0.1) is 46.3 Å². The van der Waals surface area contributed by atoms with E-state index >= 15 is 0 Å². The van der Waals surface area contributed by atoms with Gasteiger partial charge in [-0.3, -0.25) is 14.4 Å². The monoisotopic (exact) mass is 904 g/mol. The minimum absolute atomic E-state index is 0.0125. The van der Waals surface area contributed by atoms with Crippen LogP contribution in [-0.2, 0) is 28.6 Å². The number of esters is 3. The van der Waals surface area contributed by atoms with E-state index in [1.807, 2.05) is 20.2 Å². The molecule has 0 N–H and O–H groups in total. The first-order valence-corrected chi connectivity index (χ1v) is 27.1. The van der Waals surface area contributed by atoms with Gasteiger partial charge in [-0.1, -0.05) is 141 Å². The molecule has 0 heterocycles. The average molecular weight is 904 g/mol. The van der Waals surface area contributed by atoms with Crippen molar-refractivity contribution in [2.75, 3.05) is 27.2 Å². The van der Waals surface area contributed by atoms with Crippen molar-refractivity contribution in [2.45, 2.75) is 228 Å². The van der Waals surface area contributed by atoms with Gasteiger partial charge in [0.05, 0.1) is 0 Å². The average Bonchev–Trinajstić information content (AvgIpc) is 3.63. The molecule has 0 aliphatic heterocycles. The predicted molar refractivity (Wildman–Crippen MR) is 269 cm³/mol. The van der Waals surface area contributed by atoms with Gasteiger partial charge in [0, 0.05) is 25.7 Å². The van der Waals surface area contributed by atoms with Crippen LogP contribution in [0.2, 0.25) is 0 Å². The molecule has 0 aromatic heterocycles. The number of allylic oxidation sites excluding steroid dienone is 6. The smallest absolute Gasteiger partial charge is 0.306 e. The van der Waals surface area contributed by atoms with Crippen LogP contribution >= 0.6 is 0 Å². The number of ether oxygens (including phenoxy) is 3. The van der Waals surface area contributed by atoms with E-state index in [0.29, 0.717) is 60.9 Å². The molecule has 0 aromatic rings. The Morgan fingerprint density at radius 1 is 0.723 bits per heavy atom. The van der Waals surface area contributed by atoms with Crippen LogP contribution in [0.4, 0.5) is 0 Å². The van der Waals surface area contributed by atoms with Gasteiger partial charge in [0.15, 0.2) is 0 Å². The molecule has 7 heteroatoms. The van der Waals surface area contributed by atoms with E-state index in [4.69, 9.17) is 14.2 Å². The normalized spacial score (nSPS) is 26.6. The second-order valence-corrected chi connectivity index (χ2v) is 22.2. The summed E-state index contributed by atoms with van der Waals surface area (Å²) in [5, 5.41) is 0. The maximum atomic E-state index is 13.1. The zero-order valence-electron chi connectivity index (χ0n) is 43.3. The van der Waals surface area contributed by atoms with Gasteiger partial charge in [-0.25, -0.2) is 0 Å². The van der Waals surface area contributed by atoms with Gasteiger partial charge in [-0.05, 0) is 163 Å². The fraction of sp³-hybridized carbons (Fsp3) is 0.810. The van der Waals surface area contributed by atoms with Crippen LogP contribution in [0.3, 0.4) is 0 Å². The first kappa shape index (κ1) is 54.9. The molecule has 370 valence electrons. The van der Waals surface area contributed by atoms with Gasteiger partial charge in [-0.2, -0.15) is 0 Å². The van der Waals surface area contributed by atoms with E-state index in [9.17, 15) is 14.4 Å². The van der Waals surface area contributed by atoms with Crippen molar-refractivity contribution in [1.29, 1.82) is 0 Å². The van der Waals surface area contributed by atoms with Gasteiger partial charge in [0.2, 0.25) is 0 Å². The highest BCUT2D eigenvalue weighted by Gasteiger charge is 2.57. The summed E-state index contributed by atoms with van der Waals surface area (Å²) in [6.45, 7) is 18.1. The number of unbranched alkanes of at least 4 members (excludes halogenated alkanes) is 10. The number of fused-ring (bicyclic) bond motifs is 5. The molecular formula is C58H97NO6. The highest BCUT2D eigenvalue weighted by atomic mass is 16.5. The number of nitrogens with zero attached hydrogens (tertiary/aromatic N) is 1. The van der Waals surface area contributed by atoms with Crippen LogP contribution in [0.1, 0.15) is 215 Å². The number of carbonyl (C=O) groups is 3. The molecule has 7 nitrogen and oxygen atoms in total. The van der Waals surface area contributed by atoms with E-state index in [1.54, 1.807) is 5.57 Å². The summed E-state index contributed by atoms with van der Waals surface area (Å²) >= 11 is 0. The molecule has 0 spiro atoms. The maximum Gasteiger partial charge on any atom is 0.306 e. The third-order valence-corrected chi connectivity index (χ3v) is 16.6. The third-order valence-electron chi connectivity index (χ3n) is 16.6. The second-order valence-electron chi connectivity index (χ2n) is 22.2. The summed E-state index contributed by atoms with van der Waals surface area (Å²) in [5.74, 6) is 3.73. The molecule has 4 aliphatic carbocycles. The van der Waals surface area contributed by atoms with Crippen LogP contribution in [0.5, 0.6) is 0 Å². The highest BCUT2D eigenvalue weighted by molar-refractivity contribution is 5.70. The Labute approximate surface area is 398 Å². The fourth-order valence-corrected chi connectivity index (χ4v) is 12.1. The van der Waals surface area contributed by atoms with Crippen LogP contribution in [0.25, 0.3) is 0 Å². The summed E-state index contributed by atoms with van der Waals surface area (Å²) in [7, 11) is 4.05. The molecule has 3 fully saturated rings. The summed E-state index contributed by atoms with van der Waals surface area (Å²) in [6, 6.07) is 0. The largest absolute Gasteiger partial charge is 0.462 e. The van der Waals surface area contributed by atoms with Crippen molar-refractivity contribution in [3.05, 3.63) is 47.6 Å². The lowest BCUT2D eigenvalue weighted by Gasteiger charge is -2.55. The van der Waals surface area contributed by atoms with Crippen LogP contribution < -0.4 is 0 Å². The Balaban J connectivity index is 1.14. The number of hydrogen-bond donors (Lipinski definition) is 0. The van der Waals surface area contributed by atoms with Crippen molar-refractivity contribution in [2.24, 2.45) is 46.3 Å². The molecule has 3 saturated carbocycles. The Bertz CT molecular complexity index is 1560. The Kier molecular flexibility index (Phi) is 24.2. The van der Waals surface area contributed by atoms with E-state index in [1.165, 1.54) is 56.9 Å². The van der Waals surface area contributed by atoms with E-state index < -0.39 is 0 Å². The molecular weight excluding hydrogens is 807 g/mol. The van der Waals surface area contributed by atoms with Crippen LogP contribution in [0.15, 0.2) is 47.6 Å². The minimum Gasteiger partial charge on any atom is -0.462 e. The van der Waals surface area contributed by atoms with Crippen molar-refractivity contribution in [3.8, 4) is 0 Å². The van der Waals surface area contributed by atoms with Gasteiger partial charge in [-0.15, -0.1) is 0 Å². The second kappa shape index (κ2) is 28.6. The zero-order valence-corrected chi connectivity index (χ0v) is 43.3. The molecule has 65 heavy (non-hydrogen) atoms. The summed E-state index contributed by atoms with van der Waals surface area (Å²) in [6.07, 6.45) is 39.7. The molecule has 0 amide bonds. The van der Waals surface area contributed by atoms with Crippen molar-refractivity contribution < 1.29 is 28.6 Å². The summed E-state index contributed by atoms with van der Waals surface area (Å²) < 4.78 is 17.5. The standard InChI is InChI=1S/C58H97NO6/c1-10-11-12-13-14-19-24-42-63-54(60)28-22-17-15-20-26-48(64-56(62)30-25-41-59(8)9)27-21-16-18-23-29-55(61)65-49-37-39-57(6)47(43-49)33-34-50-52-36-35-51(58(52,7)40-38-53(50)57)46(5)32-31-45(4)44(2)3/h19,24,31-34,44-46,48-49,51-53H,10-18,20-23,25-30,35-43H2,1-9H3/b24-19+,32-31+. The predicted octanol–water partition coefficient (Wildman–Crippen LogP) is 14.9. The molecule has 0 saturated heterocycles. The molecule has 0 aromatic carbocycles. The van der Waals surface area contributed by atoms with E-state index in [2.05, 4.69) is 83.7 Å². The fourth-order valence-electron chi connectivity index (χ4n) is 12.1. The quantitative estimate of drug-likeness (QED) is 0.0297.